The number of hydrogen-bond donors (Lipinski definition) is 0. The van der Waals surface area contributed by atoms with Crippen LogP contribution in [0.2, 0.25) is 0 Å². The summed E-state index contributed by atoms with van der Waals surface area (Å²) < 4.78 is 2.48. The molecule has 10 rings (SSSR count). The number of para-hydroxylation sites is 1. The van der Waals surface area contributed by atoms with E-state index in [2.05, 4.69) is 144 Å². The van der Waals surface area contributed by atoms with Gasteiger partial charge in [-0.15, -0.1) is 0 Å². The van der Waals surface area contributed by atoms with E-state index >= 15 is 0 Å². The number of hydrogen-bond acceptors (Lipinski definition) is 0. The molecular weight excluding hydrogens is 555 g/mol. The van der Waals surface area contributed by atoms with E-state index in [1.54, 1.807) is 11.1 Å². The Balaban J connectivity index is 1.21. The third kappa shape index (κ3) is 3.57. The number of aromatic nitrogens is 1. The van der Waals surface area contributed by atoms with Crippen molar-refractivity contribution in [2.24, 2.45) is 11.8 Å². The van der Waals surface area contributed by atoms with Gasteiger partial charge in [0.1, 0.15) is 0 Å². The fourth-order valence-corrected chi connectivity index (χ4v) is 10.1. The Morgan fingerprint density at radius 3 is 1.96 bits per heavy atom. The van der Waals surface area contributed by atoms with Gasteiger partial charge in [0.25, 0.3) is 0 Å². The maximum absolute atomic E-state index is 2.50. The lowest BCUT2D eigenvalue weighted by Crippen LogP contribution is -2.47. The summed E-state index contributed by atoms with van der Waals surface area (Å²) in [7, 11) is 0. The molecule has 6 aromatic carbocycles. The Kier molecular flexibility index (Phi) is 5.76. The van der Waals surface area contributed by atoms with Gasteiger partial charge in [-0.2, -0.15) is 0 Å². The number of benzene rings is 6. The fraction of sp³-hybridized carbons (Fsp3) is 0.200. The van der Waals surface area contributed by atoms with Crippen molar-refractivity contribution in [3.8, 4) is 39.1 Å². The van der Waals surface area contributed by atoms with Crippen LogP contribution in [0.25, 0.3) is 60.9 Å². The second kappa shape index (κ2) is 10.1. The number of rotatable bonds is 3. The molecule has 1 heterocycles. The van der Waals surface area contributed by atoms with Gasteiger partial charge in [0, 0.05) is 21.9 Å². The van der Waals surface area contributed by atoms with Crippen LogP contribution in [0.3, 0.4) is 0 Å². The van der Waals surface area contributed by atoms with Gasteiger partial charge >= 0.3 is 0 Å². The van der Waals surface area contributed by atoms with Crippen molar-refractivity contribution in [2.75, 3.05) is 0 Å². The summed E-state index contributed by atoms with van der Waals surface area (Å²) in [6.07, 6.45) is 8.23. The smallest absolute Gasteiger partial charge is 0.0547 e. The van der Waals surface area contributed by atoms with E-state index in [1.807, 2.05) is 0 Å². The Morgan fingerprint density at radius 1 is 0.457 bits per heavy atom. The molecule has 0 radical (unpaired) electrons. The first-order chi connectivity index (χ1) is 22.8. The number of fused-ring (bicyclic) bond motifs is 6. The topological polar surface area (TPSA) is 4.93 Å². The lowest BCUT2D eigenvalue weighted by molar-refractivity contribution is 0.0873. The standard InChI is InChI=1S/C45H37N/c1-2-12-30(13-3-1)31-14-8-19-35(28-31)46-42-25-7-5-20-37(42)38-27-26-32(29-43(38)46)36-22-11-24-41-44(36)39-21-4-6-23-40(39)45(41)33-15-9-16-34(45)18-10-17-33/h1-8,11-14,19-29,33-34H,9-10,15-18H2. The van der Waals surface area contributed by atoms with E-state index in [4.69, 9.17) is 0 Å². The van der Waals surface area contributed by atoms with E-state index < -0.39 is 0 Å². The van der Waals surface area contributed by atoms with E-state index in [0.717, 1.165) is 11.8 Å². The first-order valence-electron chi connectivity index (χ1n) is 17.2. The summed E-state index contributed by atoms with van der Waals surface area (Å²) in [6.45, 7) is 0. The largest absolute Gasteiger partial charge is 0.309 e. The van der Waals surface area contributed by atoms with Crippen molar-refractivity contribution < 1.29 is 0 Å². The summed E-state index contributed by atoms with van der Waals surface area (Å²) in [4.78, 5) is 0. The molecule has 0 N–H and O–H groups in total. The summed E-state index contributed by atoms with van der Waals surface area (Å²) >= 11 is 0. The third-order valence-electron chi connectivity index (χ3n) is 11.8. The molecule has 1 aromatic heterocycles. The van der Waals surface area contributed by atoms with Crippen LogP contribution in [0.4, 0.5) is 0 Å². The Morgan fingerprint density at radius 2 is 1.11 bits per heavy atom. The highest BCUT2D eigenvalue weighted by Gasteiger charge is 2.56. The lowest BCUT2D eigenvalue weighted by Gasteiger charge is -2.52. The van der Waals surface area contributed by atoms with Crippen LogP contribution in [0.15, 0.2) is 140 Å². The van der Waals surface area contributed by atoms with Crippen molar-refractivity contribution in [2.45, 2.75) is 43.9 Å². The van der Waals surface area contributed by atoms with Crippen molar-refractivity contribution >= 4 is 21.8 Å². The summed E-state index contributed by atoms with van der Waals surface area (Å²) in [6, 6.07) is 52.5. The third-order valence-corrected chi connectivity index (χ3v) is 11.8. The van der Waals surface area contributed by atoms with Crippen LogP contribution in [0.5, 0.6) is 0 Å². The zero-order valence-electron chi connectivity index (χ0n) is 26.1. The maximum Gasteiger partial charge on any atom is 0.0547 e. The van der Waals surface area contributed by atoms with E-state index in [1.165, 1.54) is 99.4 Å². The van der Waals surface area contributed by atoms with Crippen molar-refractivity contribution in [3.63, 3.8) is 0 Å². The molecule has 0 aliphatic heterocycles. The highest BCUT2D eigenvalue weighted by Crippen LogP contribution is 2.65. The molecule has 1 spiro atoms. The van der Waals surface area contributed by atoms with Crippen LogP contribution in [-0.4, -0.2) is 4.57 Å². The first-order valence-corrected chi connectivity index (χ1v) is 17.2. The van der Waals surface area contributed by atoms with Crippen molar-refractivity contribution in [1.82, 2.24) is 4.57 Å². The molecule has 1 nitrogen and oxygen atoms in total. The molecule has 0 atom stereocenters. The minimum atomic E-state index is 0.176. The molecule has 0 unspecified atom stereocenters. The average Bonchev–Trinajstić information content (AvgIpc) is 3.59. The normalized spacial score (nSPS) is 21.5. The fourth-order valence-electron chi connectivity index (χ4n) is 10.1. The van der Waals surface area contributed by atoms with Gasteiger partial charge in [0.15, 0.2) is 0 Å². The maximum atomic E-state index is 2.50. The van der Waals surface area contributed by atoms with Crippen molar-refractivity contribution in [3.05, 3.63) is 151 Å². The van der Waals surface area contributed by atoms with Gasteiger partial charge in [0.05, 0.1) is 11.0 Å². The molecule has 0 saturated heterocycles. The number of nitrogens with zero attached hydrogens (tertiary/aromatic N) is 1. The molecule has 1 heteroatoms. The molecule has 3 aliphatic rings. The molecule has 222 valence electrons. The predicted octanol–water partition coefficient (Wildman–Crippen LogP) is 12.0. The lowest BCUT2D eigenvalue weighted by atomic mass is 9.51. The molecule has 46 heavy (non-hydrogen) atoms. The average molecular weight is 592 g/mol. The van der Waals surface area contributed by atoms with Crippen LogP contribution in [-0.2, 0) is 5.41 Å². The Hall–Kier alpha value is -4.88. The monoisotopic (exact) mass is 591 g/mol. The molecule has 2 bridgehead atoms. The summed E-state index contributed by atoms with van der Waals surface area (Å²) in [5.74, 6) is 1.50. The molecular formula is C45H37N. The first kappa shape index (κ1) is 26.3. The molecule has 0 amide bonds. The van der Waals surface area contributed by atoms with Crippen molar-refractivity contribution in [1.29, 1.82) is 0 Å². The minimum absolute atomic E-state index is 0.176. The van der Waals surface area contributed by atoms with Gasteiger partial charge in [-0.25, -0.2) is 0 Å². The van der Waals surface area contributed by atoms with Crippen LogP contribution < -0.4 is 0 Å². The quantitative estimate of drug-likeness (QED) is 0.193. The predicted molar refractivity (Wildman–Crippen MR) is 193 cm³/mol. The molecule has 2 saturated carbocycles. The molecule has 7 aromatic rings. The second-order valence-corrected chi connectivity index (χ2v) is 13.9. The van der Waals surface area contributed by atoms with Gasteiger partial charge in [0.2, 0.25) is 0 Å². The van der Waals surface area contributed by atoms with E-state index in [0.29, 0.717) is 0 Å². The zero-order chi connectivity index (χ0) is 30.2. The van der Waals surface area contributed by atoms with Gasteiger partial charge in [-0.3, -0.25) is 0 Å². The van der Waals surface area contributed by atoms with Gasteiger partial charge in [-0.1, -0.05) is 128 Å². The van der Waals surface area contributed by atoms with Gasteiger partial charge in [-0.05, 0) is 106 Å². The SMILES string of the molecule is c1ccc(-c2cccc(-n3c4ccccc4c4ccc(-c5cccc6c5-c5ccccc5C65C6CCCC5CCC6)cc43)c2)cc1. The zero-order valence-corrected chi connectivity index (χ0v) is 26.1. The summed E-state index contributed by atoms with van der Waals surface area (Å²) in [5, 5.41) is 2.60. The Bertz CT molecular complexity index is 2260. The second-order valence-electron chi connectivity index (χ2n) is 13.9. The molecule has 2 fully saturated rings. The molecule has 3 aliphatic carbocycles. The minimum Gasteiger partial charge on any atom is -0.309 e. The van der Waals surface area contributed by atoms with E-state index in [-0.39, 0.29) is 5.41 Å². The highest BCUT2D eigenvalue weighted by molar-refractivity contribution is 6.10. The van der Waals surface area contributed by atoms with Crippen LogP contribution in [0, 0.1) is 11.8 Å². The highest BCUT2D eigenvalue weighted by atomic mass is 15.0. The van der Waals surface area contributed by atoms with Crippen LogP contribution in [0.1, 0.15) is 49.7 Å². The Labute approximate surface area is 271 Å². The van der Waals surface area contributed by atoms with Crippen LogP contribution >= 0.6 is 0 Å². The van der Waals surface area contributed by atoms with Gasteiger partial charge < -0.3 is 4.57 Å². The van der Waals surface area contributed by atoms with E-state index in [9.17, 15) is 0 Å². The summed E-state index contributed by atoms with van der Waals surface area (Å²) in [5.41, 5.74) is 15.2.